The summed E-state index contributed by atoms with van der Waals surface area (Å²) in [6.07, 6.45) is -0.0461. The molecule has 0 radical (unpaired) electrons. The average Bonchev–Trinajstić information content (AvgIpc) is 2.33. The van der Waals surface area contributed by atoms with Gasteiger partial charge < -0.3 is 19.9 Å². The fraction of sp³-hybridized carbons (Fsp3) is 0.500. The van der Waals surface area contributed by atoms with Crippen molar-refractivity contribution in [2.24, 2.45) is 0 Å². The normalized spacial score (nSPS) is 20.8. The van der Waals surface area contributed by atoms with Crippen molar-refractivity contribution in [2.75, 3.05) is 26.8 Å². The Kier molecular flexibility index (Phi) is 3.31. The van der Waals surface area contributed by atoms with Gasteiger partial charge in [0.1, 0.15) is 0 Å². The highest BCUT2D eigenvalue weighted by atomic mass is 16.5. The number of phenolic OH excluding ortho intramolecular Hbond substituents is 1. The SMILES string of the molecule is COc1c(C2CNCCO2)ccc(C)c1O. The molecule has 0 amide bonds. The van der Waals surface area contributed by atoms with Crippen LogP contribution in [0.15, 0.2) is 12.1 Å². The van der Waals surface area contributed by atoms with E-state index in [9.17, 15) is 5.11 Å². The first-order valence-corrected chi connectivity index (χ1v) is 5.43. The first-order chi connectivity index (χ1) is 7.74. The minimum absolute atomic E-state index is 0.0461. The molecule has 0 saturated carbocycles. The van der Waals surface area contributed by atoms with Gasteiger partial charge in [0.2, 0.25) is 0 Å². The van der Waals surface area contributed by atoms with Crippen LogP contribution >= 0.6 is 0 Å². The minimum Gasteiger partial charge on any atom is -0.504 e. The molecular formula is C12H17NO3. The van der Waals surface area contributed by atoms with E-state index in [2.05, 4.69) is 5.32 Å². The summed E-state index contributed by atoms with van der Waals surface area (Å²) < 4.78 is 10.9. The molecule has 4 nitrogen and oxygen atoms in total. The van der Waals surface area contributed by atoms with Gasteiger partial charge in [-0.25, -0.2) is 0 Å². The second kappa shape index (κ2) is 4.72. The molecule has 1 aliphatic heterocycles. The van der Waals surface area contributed by atoms with E-state index in [0.717, 1.165) is 24.2 Å². The smallest absolute Gasteiger partial charge is 0.166 e. The first kappa shape index (κ1) is 11.2. The lowest BCUT2D eigenvalue weighted by atomic mass is 10.0. The number of hydrogen-bond acceptors (Lipinski definition) is 4. The highest BCUT2D eigenvalue weighted by Gasteiger charge is 2.22. The lowest BCUT2D eigenvalue weighted by Gasteiger charge is -2.25. The highest BCUT2D eigenvalue weighted by molar-refractivity contribution is 5.51. The number of aryl methyl sites for hydroxylation is 1. The van der Waals surface area contributed by atoms with E-state index >= 15 is 0 Å². The van der Waals surface area contributed by atoms with Crippen LogP contribution in [0, 0.1) is 6.92 Å². The lowest BCUT2D eigenvalue weighted by molar-refractivity contribution is 0.0260. The summed E-state index contributed by atoms with van der Waals surface area (Å²) in [7, 11) is 1.56. The number of benzene rings is 1. The summed E-state index contributed by atoms with van der Waals surface area (Å²) in [5.74, 6) is 0.725. The molecule has 1 atom stereocenters. The summed E-state index contributed by atoms with van der Waals surface area (Å²) in [5, 5.41) is 13.2. The molecule has 1 saturated heterocycles. The van der Waals surface area contributed by atoms with Crippen molar-refractivity contribution in [3.8, 4) is 11.5 Å². The Morgan fingerprint density at radius 2 is 2.31 bits per heavy atom. The zero-order valence-electron chi connectivity index (χ0n) is 9.62. The molecule has 1 aromatic carbocycles. The van der Waals surface area contributed by atoms with Crippen LogP contribution in [0.4, 0.5) is 0 Å². The van der Waals surface area contributed by atoms with Crippen LogP contribution in [0.1, 0.15) is 17.2 Å². The maximum Gasteiger partial charge on any atom is 0.166 e. The first-order valence-electron chi connectivity index (χ1n) is 5.43. The molecule has 1 heterocycles. The van der Waals surface area contributed by atoms with Crippen LogP contribution in [-0.4, -0.2) is 31.9 Å². The number of aromatic hydroxyl groups is 1. The standard InChI is InChI=1S/C12H17NO3/c1-8-3-4-9(12(15-2)11(8)14)10-7-13-5-6-16-10/h3-4,10,13-14H,5-7H2,1-2H3. The number of methoxy groups -OCH3 is 1. The summed E-state index contributed by atoms with van der Waals surface area (Å²) in [4.78, 5) is 0. The largest absolute Gasteiger partial charge is 0.504 e. The molecule has 1 fully saturated rings. The predicted octanol–water partition coefficient (Wildman–Crippen LogP) is 1.37. The van der Waals surface area contributed by atoms with Gasteiger partial charge in [0.25, 0.3) is 0 Å². The molecular weight excluding hydrogens is 206 g/mol. The predicted molar refractivity (Wildman–Crippen MR) is 61.0 cm³/mol. The molecule has 0 aliphatic carbocycles. The third kappa shape index (κ3) is 1.99. The topological polar surface area (TPSA) is 50.7 Å². The van der Waals surface area contributed by atoms with Gasteiger partial charge in [-0.1, -0.05) is 12.1 Å². The number of hydrogen-bond donors (Lipinski definition) is 2. The molecule has 1 aromatic rings. The minimum atomic E-state index is -0.0461. The van der Waals surface area contributed by atoms with Crippen LogP contribution in [0.2, 0.25) is 0 Å². The van der Waals surface area contributed by atoms with Crippen LogP contribution in [0.5, 0.6) is 11.5 Å². The highest BCUT2D eigenvalue weighted by Crippen LogP contribution is 2.37. The number of ether oxygens (including phenoxy) is 2. The van der Waals surface area contributed by atoms with Gasteiger partial charge in [-0.3, -0.25) is 0 Å². The van der Waals surface area contributed by atoms with E-state index in [1.165, 1.54) is 0 Å². The Hall–Kier alpha value is -1.26. The van der Waals surface area contributed by atoms with Crippen molar-refractivity contribution in [3.63, 3.8) is 0 Å². The lowest BCUT2D eigenvalue weighted by Crippen LogP contribution is -2.33. The Balaban J connectivity index is 2.35. The van der Waals surface area contributed by atoms with Crippen molar-refractivity contribution in [3.05, 3.63) is 23.3 Å². The maximum atomic E-state index is 9.91. The van der Waals surface area contributed by atoms with Crippen molar-refractivity contribution >= 4 is 0 Å². The van der Waals surface area contributed by atoms with Gasteiger partial charge in [0, 0.05) is 18.7 Å². The Bertz CT molecular complexity index is 373. The fourth-order valence-electron chi connectivity index (χ4n) is 1.92. The summed E-state index contributed by atoms with van der Waals surface area (Å²) in [5.41, 5.74) is 1.71. The van der Waals surface area contributed by atoms with Gasteiger partial charge in [-0.05, 0) is 12.5 Å². The number of morpholine rings is 1. The van der Waals surface area contributed by atoms with E-state index in [1.54, 1.807) is 7.11 Å². The molecule has 88 valence electrons. The molecule has 4 heteroatoms. The zero-order chi connectivity index (χ0) is 11.5. The third-order valence-electron chi connectivity index (χ3n) is 2.84. The fourth-order valence-corrected chi connectivity index (χ4v) is 1.92. The zero-order valence-corrected chi connectivity index (χ0v) is 9.62. The maximum absolute atomic E-state index is 9.91. The Morgan fingerprint density at radius 1 is 1.50 bits per heavy atom. The van der Waals surface area contributed by atoms with E-state index in [0.29, 0.717) is 12.4 Å². The number of nitrogens with one attached hydrogen (secondary N) is 1. The van der Waals surface area contributed by atoms with Crippen LogP contribution in [0.3, 0.4) is 0 Å². The van der Waals surface area contributed by atoms with Crippen LogP contribution in [-0.2, 0) is 4.74 Å². The van der Waals surface area contributed by atoms with Crippen LogP contribution in [0.25, 0.3) is 0 Å². The average molecular weight is 223 g/mol. The molecule has 16 heavy (non-hydrogen) atoms. The summed E-state index contributed by atoms with van der Waals surface area (Å²) in [6.45, 7) is 4.15. The van der Waals surface area contributed by atoms with Gasteiger partial charge >= 0.3 is 0 Å². The van der Waals surface area contributed by atoms with E-state index in [-0.39, 0.29) is 11.9 Å². The van der Waals surface area contributed by atoms with Gasteiger partial charge in [0.05, 0.1) is 19.8 Å². The Morgan fingerprint density at radius 3 is 2.94 bits per heavy atom. The second-order valence-corrected chi connectivity index (χ2v) is 3.92. The molecule has 2 N–H and O–H groups in total. The molecule has 1 unspecified atom stereocenters. The molecule has 0 spiro atoms. The van der Waals surface area contributed by atoms with Crippen molar-refractivity contribution in [1.82, 2.24) is 5.32 Å². The number of rotatable bonds is 2. The quantitative estimate of drug-likeness (QED) is 0.795. The Labute approximate surface area is 95.2 Å². The van der Waals surface area contributed by atoms with E-state index < -0.39 is 0 Å². The monoisotopic (exact) mass is 223 g/mol. The molecule has 0 aromatic heterocycles. The summed E-state index contributed by atoms with van der Waals surface area (Å²) >= 11 is 0. The van der Waals surface area contributed by atoms with Crippen molar-refractivity contribution < 1.29 is 14.6 Å². The van der Waals surface area contributed by atoms with E-state index in [4.69, 9.17) is 9.47 Å². The molecule has 1 aliphatic rings. The third-order valence-corrected chi connectivity index (χ3v) is 2.84. The number of phenols is 1. The van der Waals surface area contributed by atoms with Gasteiger partial charge in [-0.2, -0.15) is 0 Å². The van der Waals surface area contributed by atoms with Gasteiger partial charge in [0.15, 0.2) is 11.5 Å². The van der Waals surface area contributed by atoms with E-state index in [1.807, 2.05) is 19.1 Å². The summed E-state index contributed by atoms with van der Waals surface area (Å²) in [6, 6.07) is 3.83. The molecule has 2 rings (SSSR count). The van der Waals surface area contributed by atoms with Crippen molar-refractivity contribution in [2.45, 2.75) is 13.0 Å². The second-order valence-electron chi connectivity index (χ2n) is 3.92. The van der Waals surface area contributed by atoms with Crippen LogP contribution < -0.4 is 10.1 Å². The molecule has 0 bridgehead atoms. The van der Waals surface area contributed by atoms with Gasteiger partial charge in [-0.15, -0.1) is 0 Å². The van der Waals surface area contributed by atoms with Crippen molar-refractivity contribution in [1.29, 1.82) is 0 Å².